The fourth-order valence-corrected chi connectivity index (χ4v) is 7.97. The van der Waals surface area contributed by atoms with Gasteiger partial charge in [0.2, 0.25) is 0 Å². The van der Waals surface area contributed by atoms with Crippen LogP contribution in [-0.4, -0.2) is 0 Å². The van der Waals surface area contributed by atoms with Crippen molar-refractivity contribution in [1.82, 2.24) is 0 Å². The molecule has 0 N–H and O–H groups in total. The van der Waals surface area contributed by atoms with Crippen molar-refractivity contribution in [3.8, 4) is 11.1 Å². The molecule has 0 saturated heterocycles. The Morgan fingerprint density at radius 1 is 0.386 bits per heavy atom. The zero-order valence-electron chi connectivity index (χ0n) is 36.4. The molecule has 0 saturated carbocycles. The first-order valence-corrected chi connectivity index (χ1v) is 21.6. The van der Waals surface area contributed by atoms with Crippen LogP contribution in [0, 0.1) is 0 Å². The van der Waals surface area contributed by atoms with E-state index in [0.29, 0.717) is 11.8 Å². The van der Waals surface area contributed by atoms with Gasteiger partial charge in [-0.05, 0) is 155 Å². The van der Waals surface area contributed by atoms with Gasteiger partial charge in [0, 0.05) is 34.1 Å². The van der Waals surface area contributed by atoms with Gasteiger partial charge in [-0.3, -0.25) is 0 Å². The van der Waals surface area contributed by atoms with Crippen molar-refractivity contribution in [3.05, 3.63) is 168 Å². The lowest BCUT2D eigenvalue weighted by molar-refractivity contribution is 0.473. The molecule has 0 fully saturated rings. The fraction of sp³-hybridized carbons (Fsp3) is 0.345. The van der Waals surface area contributed by atoms with Crippen LogP contribution in [0.2, 0.25) is 0 Å². The molecule has 296 valence electrons. The predicted molar refractivity (Wildman–Crippen MR) is 250 cm³/mol. The Bertz CT molecular complexity index is 2140. The van der Waals surface area contributed by atoms with Crippen LogP contribution in [0.4, 0.5) is 34.1 Å². The molecule has 2 heteroatoms. The molecule has 0 aromatic heterocycles. The molecule has 6 aromatic rings. The van der Waals surface area contributed by atoms with E-state index in [1.54, 1.807) is 0 Å². The smallest absolute Gasteiger partial charge is 0.0462 e. The second-order valence-electron chi connectivity index (χ2n) is 17.5. The summed E-state index contributed by atoms with van der Waals surface area (Å²) in [6, 6.07) is 54.9. The van der Waals surface area contributed by atoms with E-state index < -0.39 is 0 Å². The van der Waals surface area contributed by atoms with Crippen LogP contribution in [0.3, 0.4) is 0 Å². The molecule has 2 unspecified atom stereocenters. The Morgan fingerprint density at radius 3 is 0.947 bits per heavy atom. The van der Waals surface area contributed by atoms with Gasteiger partial charge >= 0.3 is 0 Å². The molecule has 0 radical (unpaired) electrons. The van der Waals surface area contributed by atoms with E-state index in [4.69, 9.17) is 0 Å². The van der Waals surface area contributed by atoms with Crippen molar-refractivity contribution < 1.29 is 0 Å². The van der Waals surface area contributed by atoms with Gasteiger partial charge in [0.25, 0.3) is 0 Å². The van der Waals surface area contributed by atoms with Gasteiger partial charge in [-0.15, -0.1) is 0 Å². The lowest BCUT2D eigenvalue weighted by Crippen LogP contribution is -2.17. The first-order valence-electron chi connectivity index (χ1n) is 21.6. The monoisotopic (exact) mass is 755 g/mol. The second kappa shape index (κ2) is 18.0. The van der Waals surface area contributed by atoms with Gasteiger partial charge in [0.15, 0.2) is 0 Å². The molecule has 0 aliphatic heterocycles. The summed E-state index contributed by atoms with van der Waals surface area (Å²) >= 11 is 0. The Kier molecular flexibility index (Phi) is 13.1. The maximum atomic E-state index is 2.39. The SMILES string of the molecule is CCCC(C)(C)c1ccc(N(c2ccc(-c3ccc(N(c4ccc(C(C)CC)cc4)c4ccc(C(C)(C)CC)cc4)cc3)cc2)c2ccc(C(C)CC)cc2)cc1. The van der Waals surface area contributed by atoms with Gasteiger partial charge in [0.1, 0.15) is 0 Å². The molecular weight excluding hydrogens is 689 g/mol. The highest BCUT2D eigenvalue weighted by atomic mass is 15.1. The Labute approximate surface area is 345 Å². The second-order valence-corrected chi connectivity index (χ2v) is 17.5. The van der Waals surface area contributed by atoms with Crippen molar-refractivity contribution in [2.45, 2.75) is 124 Å². The van der Waals surface area contributed by atoms with E-state index in [1.165, 1.54) is 69.0 Å². The van der Waals surface area contributed by atoms with Crippen molar-refractivity contribution in [1.29, 1.82) is 0 Å². The molecule has 6 aromatic carbocycles. The average Bonchev–Trinajstić information content (AvgIpc) is 3.24. The lowest BCUT2D eigenvalue weighted by atomic mass is 9.81. The molecule has 6 rings (SSSR count). The third-order valence-electron chi connectivity index (χ3n) is 12.8. The van der Waals surface area contributed by atoms with E-state index >= 15 is 0 Å². The van der Waals surface area contributed by atoms with Crippen LogP contribution < -0.4 is 9.80 Å². The largest absolute Gasteiger partial charge is 0.311 e. The van der Waals surface area contributed by atoms with Crippen LogP contribution in [0.25, 0.3) is 11.1 Å². The maximum Gasteiger partial charge on any atom is 0.0462 e. The molecule has 0 heterocycles. The van der Waals surface area contributed by atoms with E-state index in [-0.39, 0.29) is 10.8 Å². The number of benzene rings is 6. The van der Waals surface area contributed by atoms with E-state index in [1.807, 2.05) is 0 Å². The molecule has 57 heavy (non-hydrogen) atoms. The fourth-order valence-electron chi connectivity index (χ4n) is 7.97. The number of nitrogens with zero attached hydrogens (tertiary/aromatic N) is 2. The molecule has 0 amide bonds. The van der Waals surface area contributed by atoms with Crippen LogP contribution in [0.15, 0.2) is 146 Å². The maximum absolute atomic E-state index is 2.39. The number of anilines is 6. The zero-order chi connectivity index (χ0) is 40.7. The number of hydrogen-bond acceptors (Lipinski definition) is 2. The quantitative estimate of drug-likeness (QED) is 0.0971. The summed E-state index contributed by atoms with van der Waals surface area (Å²) < 4.78 is 0. The van der Waals surface area contributed by atoms with Crippen molar-refractivity contribution in [2.24, 2.45) is 0 Å². The summed E-state index contributed by atoms with van der Waals surface area (Å²) in [5, 5.41) is 0. The molecule has 2 atom stereocenters. The standard InChI is InChI=1S/C55H66N2/c1-11-39-55(9,10)47-25-37-53(38-26-47)57(49-29-17-43(18-30-49)41(6)13-3)51-33-21-45(22-34-51)44-19-31-50(32-20-44)56(48-27-15-42(16-28-48)40(5)12-2)52-35-23-46(24-36-52)54(7,8)14-4/h15-38,40-41H,11-14,39H2,1-10H3. The minimum absolute atomic E-state index is 0.142. The highest BCUT2D eigenvalue weighted by Gasteiger charge is 2.22. The highest BCUT2D eigenvalue weighted by Crippen LogP contribution is 2.40. The van der Waals surface area contributed by atoms with Gasteiger partial charge in [-0.25, -0.2) is 0 Å². The summed E-state index contributed by atoms with van der Waals surface area (Å²) in [6.07, 6.45) is 5.71. The van der Waals surface area contributed by atoms with E-state index in [2.05, 4.69) is 225 Å². The van der Waals surface area contributed by atoms with E-state index in [9.17, 15) is 0 Å². The molecule has 0 aliphatic carbocycles. The van der Waals surface area contributed by atoms with Gasteiger partial charge in [-0.1, -0.05) is 148 Å². The minimum atomic E-state index is 0.142. The third kappa shape index (κ3) is 9.39. The molecular formula is C55H66N2. The summed E-state index contributed by atoms with van der Waals surface area (Å²) in [6.45, 7) is 23.0. The summed E-state index contributed by atoms with van der Waals surface area (Å²) in [5.74, 6) is 1.08. The van der Waals surface area contributed by atoms with E-state index in [0.717, 1.165) is 30.6 Å². The lowest BCUT2D eigenvalue weighted by Gasteiger charge is -2.29. The minimum Gasteiger partial charge on any atom is -0.311 e. The van der Waals surface area contributed by atoms with Crippen molar-refractivity contribution in [3.63, 3.8) is 0 Å². The first kappa shape index (κ1) is 41.6. The van der Waals surface area contributed by atoms with Gasteiger partial charge in [0.05, 0.1) is 0 Å². The molecule has 0 aliphatic rings. The zero-order valence-corrected chi connectivity index (χ0v) is 36.4. The van der Waals surface area contributed by atoms with Gasteiger partial charge < -0.3 is 9.80 Å². The third-order valence-corrected chi connectivity index (χ3v) is 12.8. The molecule has 0 bridgehead atoms. The van der Waals surface area contributed by atoms with Crippen molar-refractivity contribution in [2.75, 3.05) is 9.80 Å². The Morgan fingerprint density at radius 2 is 0.667 bits per heavy atom. The summed E-state index contributed by atoms with van der Waals surface area (Å²) in [5.41, 5.74) is 15.2. The van der Waals surface area contributed by atoms with Crippen LogP contribution in [0.5, 0.6) is 0 Å². The van der Waals surface area contributed by atoms with Crippen LogP contribution in [0.1, 0.15) is 135 Å². The molecule has 0 spiro atoms. The Hall–Kier alpha value is -5.08. The Balaban J connectivity index is 1.32. The highest BCUT2D eigenvalue weighted by molar-refractivity contribution is 5.81. The van der Waals surface area contributed by atoms with Crippen molar-refractivity contribution >= 4 is 34.1 Å². The van der Waals surface area contributed by atoms with Crippen LogP contribution >= 0.6 is 0 Å². The summed E-state index contributed by atoms with van der Waals surface area (Å²) in [7, 11) is 0. The van der Waals surface area contributed by atoms with Gasteiger partial charge in [-0.2, -0.15) is 0 Å². The average molecular weight is 755 g/mol. The number of hydrogen-bond donors (Lipinski definition) is 0. The predicted octanol–water partition coefficient (Wildman–Crippen LogP) is 17.1. The number of rotatable bonds is 16. The summed E-state index contributed by atoms with van der Waals surface area (Å²) in [4.78, 5) is 4.77. The first-order chi connectivity index (χ1) is 27.4. The normalized spacial score (nSPS) is 12.9. The topological polar surface area (TPSA) is 6.48 Å². The van der Waals surface area contributed by atoms with Crippen LogP contribution in [-0.2, 0) is 10.8 Å². The molecule has 2 nitrogen and oxygen atoms in total.